The average Bonchev–Trinajstić information content (AvgIpc) is 2.78. The van der Waals surface area contributed by atoms with Crippen molar-refractivity contribution in [1.82, 2.24) is 10.2 Å². The van der Waals surface area contributed by atoms with Crippen molar-refractivity contribution in [1.29, 1.82) is 0 Å². The van der Waals surface area contributed by atoms with E-state index in [2.05, 4.69) is 11.4 Å². The summed E-state index contributed by atoms with van der Waals surface area (Å²) in [5, 5.41) is 2.96. The molecule has 2 aromatic rings. The molecule has 6 nitrogen and oxygen atoms in total. The zero-order valence-corrected chi connectivity index (χ0v) is 19.5. The molecule has 0 saturated carbocycles. The van der Waals surface area contributed by atoms with Crippen molar-refractivity contribution in [3.63, 3.8) is 0 Å². The molecule has 0 bridgehead atoms. The molecule has 2 aromatic carbocycles. The lowest BCUT2D eigenvalue weighted by molar-refractivity contribution is -0.140. The maximum absolute atomic E-state index is 13.3. The van der Waals surface area contributed by atoms with Crippen molar-refractivity contribution in [2.45, 2.75) is 53.1 Å². The van der Waals surface area contributed by atoms with Crippen LogP contribution in [0.3, 0.4) is 0 Å². The number of carbonyl (C=O) groups is 2. The van der Waals surface area contributed by atoms with Gasteiger partial charge >= 0.3 is 0 Å². The first-order chi connectivity index (χ1) is 15.3. The summed E-state index contributed by atoms with van der Waals surface area (Å²) in [7, 11) is 0. The second-order valence-corrected chi connectivity index (χ2v) is 8.80. The molecule has 0 saturated heterocycles. The molecule has 1 heterocycles. The monoisotopic (exact) mass is 438 g/mol. The Morgan fingerprint density at radius 3 is 2.47 bits per heavy atom. The number of hydrogen-bond acceptors (Lipinski definition) is 4. The molecule has 172 valence electrons. The Morgan fingerprint density at radius 1 is 1.00 bits per heavy atom. The quantitative estimate of drug-likeness (QED) is 0.645. The third-order valence-corrected chi connectivity index (χ3v) is 5.52. The molecule has 1 aliphatic rings. The van der Waals surface area contributed by atoms with E-state index in [4.69, 9.17) is 9.47 Å². The predicted molar refractivity (Wildman–Crippen MR) is 125 cm³/mol. The van der Waals surface area contributed by atoms with Gasteiger partial charge < -0.3 is 19.7 Å². The van der Waals surface area contributed by atoms with Crippen LogP contribution in [-0.4, -0.2) is 42.5 Å². The van der Waals surface area contributed by atoms with Crippen molar-refractivity contribution in [3.8, 4) is 11.5 Å². The third-order valence-electron chi connectivity index (χ3n) is 5.52. The number of aryl methyl sites for hydroxylation is 2. The summed E-state index contributed by atoms with van der Waals surface area (Å²) in [6, 6.07) is 13.3. The molecule has 0 aliphatic carbocycles. The highest BCUT2D eigenvalue weighted by atomic mass is 16.6. The highest BCUT2D eigenvalue weighted by Crippen LogP contribution is 2.31. The first-order valence-electron chi connectivity index (χ1n) is 11.3. The number of fused-ring (bicyclic) bond motifs is 1. The summed E-state index contributed by atoms with van der Waals surface area (Å²) in [6.07, 6.45) is 0.882. The largest absolute Gasteiger partial charge is 0.486 e. The Balaban J connectivity index is 1.70. The van der Waals surface area contributed by atoms with Crippen LogP contribution in [0.25, 0.3) is 0 Å². The fourth-order valence-electron chi connectivity index (χ4n) is 3.68. The summed E-state index contributed by atoms with van der Waals surface area (Å²) >= 11 is 0. The van der Waals surface area contributed by atoms with Crippen molar-refractivity contribution in [2.24, 2.45) is 5.92 Å². The van der Waals surface area contributed by atoms with Gasteiger partial charge in [0.1, 0.15) is 19.3 Å². The molecule has 6 heteroatoms. The van der Waals surface area contributed by atoms with Crippen LogP contribution in [0.1, 0.15) is 43.9 Å². The van der Waals surface area contributed by atoms with E-state index < -0.39 is 6.04 Å². The number of ether oxygens (including phenoxy) is 2. The van der Waals surface area contributed by atoms with E-state index in [-0.39, 0.29) is 11.8 Å². The molecule has 0 aromatic heterocycles. The lowest BCUT2D eigenvalue weighted by Crippen LogP contribution is -2.48. The maximum atomic E-state index is 13.3. The standard InChI is InChI=1S/C26H34N2O4/c1-18(2)16-27-26(30)20(4)28(17-22-7-5-6-19(3)14-22)25(29)11-9-21-8-10-23-24(15-21)32-13-12-31-23/h5-8,10,14-15,18,20H,9,11-13,16-17H2,1-4H3,(H,27,30)/t20-/m0/s1. The van der Waals surface area contributed by atoms with Crippen LogP contribution in [0.15, 0.2) is 42.5 Å². The molecule has 1 atom stereocenters. The van der Waals surface area contributed by atoms with E-state index in [1.165, 1.54) is 0 Å². The van der Waals surface area contributed by atoms with Gasteiger partial charge in [-0.25, -0.2) is 0 Å². The van der Waals surface area contributed by atoms with Gasteiger partial charge in [0.15, 0.2) is 11.5 Å². The predicted octanol–water partition coefficient (Wildman–Crippen LogP) is 3.89. The number of benzene rings is 2. The molecule has 1 N–H and O–H groups in total. The maximum Gasteiger partial charge on any atom is 0.242 e. The number of nitrogens with zero attached hydrogens (tertiary/aromatic N) is 1. The molecule has 3 rings (SSSR count). The minimum Gasteiger partial charge on any atom is -0.486 e. The topological polar surface area (TPSA) is 67.9 Å². The van der Waals surface area contributed by atoms with Gasteiger partial charge in [0, 0.05) is 19.5 Å². The van der Waals surface area contributed by atoms with Crippen LogP contribution >= 0.6 is 0 Å². The lowest BCUT2D eigenvalue weighted by atomic mass is 10.1. The molecular weight excluding hydrogens is 404 g/mol. The van der Waals surface area contributed by atoms with Crippen molar-refractivity contribution in [2.75, 3.05) is 19.8 Å². The normalized spacial score (nSPS) is 13.5. The van der Waals surface area contributed by atoms with Gasteiger partial charge in [-0.15, -0.1) is 0 Å². The smallest absolute Gasteiger partial charge is 0.242 e. The zero-order chi connectivity index (χ0) is 23.1. The SMILES string of the molecule is Cc1cccc(CN(C(=O)CCc2ccc3c(c2)OCCO3)[C@@H](C)C(=O)NCC(C)C)c1. The highest BCUT2D eigenvalue weighted by molar-refractivity contribution is 5.87. The second-order valence-electron chi connectivity index (χ2n) is 8.80. The summed E-state index contributed by atoms with van der Waals surface area (Å²) in [5.41, 5.74) is 3.15. The van der Waals surface area contributed by atoms with Crippen LogP contribution in [0.5, 0.6) is 11.5 Å². The van der Waals surface area contributed by atoms with E-state index in [1.807, 2.05) is 57.2 Å². The van der Waals surface area contributed by atoms with Gasteiger partial charge in [-0.2, -0.15) is 0 Å². The summed E-state index contributed by atoms with van der Waals surface area (Å²) in [5.74, 6) is 1.64. The van der Waals surface area contributed by atoms with Gasteiger partial charge in [0.2, 0.25) is 11.8 Å². The summed E-state index contributed by atoms with van der Waals surface area (Å²) in [6.45, 7) is 9.99. The van der Waals surface area contributed by atoms with Gasteiger partial charge in [0.25, 0.3) is 0 Å². The van der Waals surface area contributed by atoms with E-state index in [1.54, 1.807) is 11.8 Å². The molecule has 0 fully saturated rings. The van der Waals surface area contributed by atoms with Crippen LogP contribution in [-0.2, 0) is 22.6 Å². The summed E-state index contributed by atoms with van der Waals surface area (Å²) in [4.78, 5) is 27.7. The fraction of sp³-hybridized carbons (Fsp3) is 0.462. The van der Waals surface area contributed by atoms with E-state index in [0.717, 1.165) is 28.2 Å². The first kappa shape index (κ1) is 23.6. The Hall–Kier alpha value is -3.02. The van der Waals surface area contributed by atoms with Gasteiger partial charge in [-0.3, -0.25) is 9.59 Å². The Morgan fingerprint density at radius 2 is 1.75 bits per heavy atom. The minimum absolute atomic E-state index is 0.0476. The van der Waals surface area contributed by atoms with Crippen LogP contribution in [0.2, 0.25) is 0 Å². The third kappa shape index (κ3) is 6.49. The highest BCUT2D eigenvalue weighted by Gasteiger charge is 2.26. The van der Waals surface area contributed by atoms with Crippen LogP contribution in [0, 0.1) is 12.8 Å². The Bertz CT molecular complexity index is 941. The first-order valence-corrected chi connectivity index (χ1v) is 11.3. The second kappa shape index (κ2) is 11.0. The number of amides is 2. The van der Waals surface area contributed by atoms with Crippen LogP contribution < -0.4 is 14.8 Å². The van der Waals surface area contributed by atoms with E-state index >= 15 is 0 Å². The molecule has 0 spiro atoms. The van der Waals surface area contributed by atoms with Crippen molar-refractivity contribution < 1.29 is 19.1 Å². The number of hydrogen-bond donors (Lipinski definition) is 1. The molecule has 0 unspecified atom stereocenters. The van der Waals surface area contributed by atoms with Gasteiger partial charge in [-0.05, 0) is 49.4 Å². The number of nitrogens with one attached hydrogen (secondary N) is 1. The van der Waals surface area contributed by atoms with E-state index in [0.29, 0.717) is 45.1 Å². The molecule has 1 aliphatic heterocycles. The zero-order valence-electron chi connectivity index (χ0n) is 19.5. The number of carbonyl (C=O) groups excluding carboxylic acids is 2. The van der Waals surface area contributed by atoms with Gasteiger partial charge in [0.05, 0.1) is 0 Å². The van der Waals surface area contributed by atoms with Crippen LogP contribution in [0.4, 0.5) is 0 Å². The van der Waals surface area contributed by atoms with Crippen molar-refractivity contribution in [3.05, 3.63) is 59.2 Å². The molecule has 32 heavy (non-hydrogen) atoms. The van der Waals surface area contributed by atoms with Crippen molar-refractivity contribution >= 4 is 11.8 Å². The van der Waals surface area contributed by atoms with E-state index in [9.17, 15) is 9.59 Å². The molecule has 2 amide bonds. The Labute approximate surface area is 190 Å². The average molecular weight is 439 g/mol. The van der Waals surface area contributed by atoms with Gasteiger partial charge in [-0.1, -0.05) is 49.7 Å². The lowest BCUT2D eigenvalue weighted by Gasteiger charge is -2.29. The summed E-state index contributed by atoms with van der Waals surface area (Å²) < 4.78 is 11.2. The fourth-order valence-corrected chi connectivity index (χ4v) is 3.68. The minimum atomic E-state index is -0.554. The molecule has 0 radical (unpaired) electrons. The Kier molecular flexibility index (Phi) is 8.14. The number of rotatable bonds is 9. The molecular formula is C26H34N2O4.